The van der Waals surface area contributed by atoms with Crippen molar-refractivity contribution >= 4 is 23.2 Å². The molecular weight excluding hydrogens is 277 g/mol. The third-order valence-electron chi connectivity index (χ3n) is 4.42. The molecule has 19 heavy (non-hydrogen) atoms. The normalized spacial score (nSPS) is 28.1. The molecule has 2 N–H and O–H groups in total. The van der Waals surface area contributed by atoms with Gasteiger partial charge in [0.1, 0.15) is 0 Å². The second kappa shape index (κ2) is 6.47. The van der Waals surface area contributed by atoms with E-state index in [9.17, 15) is 0 Å². The summed E-state index contributed by atoms with van der Waals surface area (Å²) in [6, 6.07) is 5.81. The number of nitrogens with two attached hydrogens (primary N) is 1. The van der Waals surface area contributed by atoms with E-state index in [1.54, 1.807) is 0 Å². The smallest absolute Gasteiger partial charge is 0.0642 e. The zero-order chi connectivity index (χ0) is 13.9. The lowest BCUT2D eigenvalue weighted by atomic mass is 9.83. The molecule has 0 heterocycles. The molecule has 0 amide bonds. The quantitative estimate of drug-likeness (QED) is 0.730. The van der Waals surface area contributed by atoms with Crippen LogP contribution in [0.1, 0.15) is 57.4 Å². The van der Waals surface area contributed by atoms with Crippen LogP contribution in [0.3, 0.4) is 0 Å². The van der Waals surface area contributed by atoms with Gasteiger partial charge in [0.05, 0.1) is 10.0 Å². The highest BCUT2D eigenvalue weighted by Crippen LogP contribution is 2.41. The maximum Gasteiger partial charge on any atom is 0.0642 e. The molecule has 2 unspecified atom stereocenters. The first-order valence-electron chi connectivity index (χ1n) is 7.30. The molecule has 1 fully saturated rings. The summed E-state index contributed by atoms with van der Waals surface area (Å²) in [7, 11) is 0. The Hall–Kier alpha value is -0.240. The summed E-state index contributed by atoms with van der Waals surface area (Å²) in [5, 5.41) is 1.25. The Morgan fingerprint density at radius 1 is 1.26 bits per heavy atom. The molecular formula is C16H23Cl2N. The molecule has 106 valence electrons. The van der Waals surface area contributed by atoms with Crippen molar-refractivity contribution in [1.29, 1.82) is 0 Å². The third kappa shape index (κ3) is 3.45. The van der Waals surface area contributed by atoms with Crippen molar-refractivity contribution in [3.63, 3.8) is 0 Å². The first-order chi connectivity index (χ1) is 9.07. The summed E-state index contributed by atoms with van der Waals surface area (Å²) >= 11 is 12.5. The van der Waals surface area contributed by atoms with Crippen molar-refractivity contribution in [3.05, 3.63) is 33.8 Å². The summed E-state index contributed by atoms with van der Waals surface area (Å²) < 4.78 is 0. The Morgan fingerprint density at radius 3 is 2.79 bits per heavy atom. The fourth-order valence-electron chi connectivity index (χ4n) is 3.29. The fourth-order valence-corrected chi connectivity index (χ4v) is 3.78. The maximum atomic E-state index is 6.67. The van der Waals surface area contributed by atoms with Gasteiger partial charge in [0.25, 0.3) is 0 Å². The van der Waals surface area contributed by atoms with E-state index < -0.39 is 0 Å². The molecule has 2 rings (SSSR count). The van der Waals surface area contributed by atoms with Gasteiger partial charge in [0.15, 0.2) is 0 Å². The standard InChI is InChI=1S/C16H23Cl2N/c1-2-5-12-6-4-10-16(19,11-9-12)13-7-3-8-14(17)15(13)18/h3,7-8,12H,2,4-6,9-11,19H2,1H3. The average Bonchev–Trinajstić information content (AvgIpc) is 2.57. The number of hydrogen-bond donors (Lipinski definition) is 1. The Bertz CT molecular complexity index is 433. The van der Waals surface area contributed by atoms with Crippen LogP contribution in [0.25, 0.3) is 0 Å². The molecule has 2 atom stereocenters. The SMILES string of the molecule is CCCC1CCCC(N)(c2cccc(Cl)c2Cl)CC1. The molecule has 1 aromatic rings. The van der Waals surface area contributed by atoms with Crippen LogP contribution < -0.4 is 5.73 Å². The average molecular weight is 300 g/mol. The molecule has 3 heteroatoms. The van der Waals surface area contributed by atoms with Gasteiger partial charge in [-0.15, -0.1) is 0 Å². The predicted molar refractivity (Wildman–Crippen MR) is 83.8 cm³/mol. The van der Waals surface area contributed by atoms with Gasteiger partial charge >= 0.3 is 0 Å². The highest BCUT2D eigenvalue weighted by Gasteiger charge is 2.32. The molecule has 1 aliphatic rings. The highest BCUT2D eigenvalue weighted by molar-refractivity contribution is 6.42. The first-order valence-corrected chi connectivity index (χ1v) is 8.06. The summed E-state index contributed by atoms with van der Waals surface area (Å²) in [6.45, 7) is 2.26. The molecule has 0 radical (unpaired) electrons. The topological polar surface area (TPSA) is 26.0 Å². The number of benzene rings is 1. The minimum atomic E-state index is -0.301. The molecule has 1 aliphatic carbocycles. The largest absolute Gasteiger partial charge is 0.321 e. The van der Waals surface area contributed by atoms with E-state index >= 15 is 0 Å². The Balaban J connectivity index is 2.20. The zero-order valence-corrected chi connectivity index (χ0v) is 13.1. The van der Waals surface area contributed by atoms with Gasteiger partial charge in [-0.2, -0.15) is 0 Å². The highest BCUT2D eigenvalue weighted by atomic mass is 35.5. The Kier molecular flexibility index (Phi) is 5.16. The van der Waals surface area contributed by atoms with E-state index in [0.29, 0.717) is 10.0 Å². The lowest BCUT2D eigenvalue weighted by Gasteiger charge is -2.30. The second-order valence-electron chi connectivity index (χ2n) is 5.84. The summed E-state index contributed by atoms with van der Waals surface area (Å²) in [4.78, 5) is 0. The van der Waals surface area contributed by atoms with Gasteiger partial charge in [0, 0.05) is 5.54 Å². The van der Waals surface area contributed by atoms with Crippen molar-refractivity contribution in [2.45, 2.75) is 57.4 Å². The molecule has 1 nitrogen and oxygen atoms in total. The van der Waals surface area contributed by atoms with Crippen LogP contribution in [0.4, 0.5) is 0 Å². The van der Waals surface area contributed by atoms with Gasteiger partial charge in [-0.05, 0) is 36.8 Å². The maximum absolute atomic E-state index is 6.67. The summed E-state index contributed by atoms with van der Waals surface area (Å²) in [5.41, 5.74) is 7.39. The zero-order valence-electron chi connectivity index (χ0n) is 11.6. The van der Waals surface area contributed by atoms with Crippen LogP contribution in [-0.4, -0.2) is 0 Å². The Morgan fingerprint density at radius 2 is 2.05 bits per heavy atom. The van der Waals surface area contributed by atoms with Crippen LogP contribution in [0, 0.1) is 5.92 Å². The van der Waals surface area contributed by atoms with Crippen molar-refractivity contribution in [1.82, 2.24) is 0 Å². The predicted octanol–water partition coefficient (Wildman–Crippen LogP) is 5.53. The van der Waals surface area contributed by atoms with Gasteiger partial charge in [0.2, 0.25) is 0 Å². The lowest BCUT2D eigenvalue weighted by Crippen LogP contribution is -2.36. The fraction of sp³-hybridized carbons (Fsp3) is 0.625. The van der Waals surface area contributed by atoms with Crippen LogP contribution in [0.15, 0.2) is 18.2 Å². The van der Waals surface area contributed by atoms with Crippen LogP contribution in [0.5, 0.6) is 0 Å². The Labute approximate surface area is 126 Å². The lowest BCUT2D eigenvalue weighted by molar-refractivity contribution is 0.367. The van der Waals surface area contributed by atoms with Gasteiger partial charge in [-0.25, -0.2) is 0 Å². The van der Waals surface area contributed by atoms with Gasteiger partial charge < -0.3 is 5.73 Å². The van der Waals surface area contributed by atoms with Gasteiger partial charge in [-0.3, -0.25) is 0 Å². The first kappa shape index (κ1) is 15.2. The van der Waals surface area contributed by atoms with Crippen LogP contribution in [-0.2, 0) is 5.54 Å². The van der Waals surface area contributed by atoms with Crippen molar-refractivity contribution in [3.8, 4) is 0 Å². The molecule has 0 spiro atoms. The monoisotopic (exact) mass is 299 g/mol. The molecule has 0 bridgehead atoms. The van der Waals surface area contributed by atoms with Crippen molar-refractivity contribution in [2.75, 3.05) is 0 Å². The van der Waals surface area contributed by atoms with Crippen molar-refractivity contribution in [2.24, 2.45) is 11.7 Å². The van der Waals surface area contributed by atoms with E-state index in [1.165, 1.54) is 32.1 Å². The third-order valence-corrected chi connectivity index (χ3v) is 5.24. The molecule has 0 saturated heterocycles. The minimum absolute atomic E-state index is 0.301. The number of halogens is 2. The minimum Gasteiger partial charge on any atom is -0.321 e. The second-order valence-corrected chi connectivity index (χ2v) is 6.63. The van der Waals surface area contributed by atoms with E-state index in [4.69, 9.17) is 28.9 Å². The summed E-state index contributed by atoms with van der Waals surface area (Å²) in [5.74, 6) is 0.827. The van der Waals surface area contributed by atoms with E-state index in [2.05, 4.69) is 6.92 Å². The van der Waals surface area contributed by atoms with Crippen LogP contribution in [0.2, 0.25) is 10.0 Å². The summed E-state index contributed by atoms with van der Waals surface area (Å²) in [6.07, 6.45) is 8.28. The van der Waals surface area contributed by atoms with Gasteiger partial charge in [-0.1, -0.05) is 67.9 Å². The molecule has 0 aromatic heterocycles. The van der Waals surface area contributed by atoms with E-state index in [-0.39, 0.29) is 5.54 Å². The van der Waals surface area contributed by atoms with Crippen molar-refractivity contribution < 1.29 is 0 Å². The molecule has 1 saturated carbocycles. The van der Waals surface area contributed by atoms with E-state index in [0.717, 1.165) is 24.3 Å². The van der Waals surface area contributed by atoms with Crippen LogP contribution >= 0.6 is 23.2 Å². The number of hydrogen-bond acceptors (Lipinski definition) is 1. The number of rotatable bonds is 3. The van der Waals surface area contributed by atoms with E-state index in [1.807, 2.05) is 18.2 Å². The molecule has 1 aromatic carbocycles. The molecule has 0 aliphatic heterocycles.